The molecule has 2 N–H and O–H groups in total. The van der Waals surface area contributed by atoms with Crippen LogP contribution in [-0.4, -0.2) is 83.1 Å². The Kier molecular flexibility index (Phi) is 10.2. The van der Waals surface area contributed by atoms with E-state index in [2.05, 4.69) is 9.72 Å². The lowest BCUT2D eigenvalue weighted by Gasteiger charge is -2.37. The van der Waals surface area contributed by atoms with E-state index in [9.17, 15) is 19.5 Å². The smallest absolute Gasteiger partial charge is 0.330 e. The van der Waals surface area contributed by atoms with Gasteiger partial charge in [-0.15, -0.1) is 0 Å². The van der Waals surface area contributed by atoms with E-state index in [1.165, 1.54) is 33.6 Å². The fraction of sp³-hybridized carbons (Fsp3) is 0.750. The van der Waals surface area contributed by atoms with Crippen molar-refractivity contribution in [2.45, 2.75) is 76.8 Å². The van der Waals surface area contributed by atoms with Crippen molar-refractivity contribution in [3.8, 4) is 0 Å². The van der Waals surface area contributed by atoms with Crippen molar-refractivity contribution in [3.63, 3.8) is 0 Å². The van der Waals surface area contributed by atoms with Crippen LogP contribution in [0.3, 0.4) is 0 Å². The molecule has 0 aliphatic carbocycles. The van der Waals surface area contributed by atoms with Gasteiger partial charge < -0.3 is 28.4 Å². The highest BCUT2D eigenvalue weighted by molar-refractivity contribution is 7.44. The minimum Gasteiger partial charge on any atom is -0.469 e. The number of carbonyl (C=O) groups is 1. The maximum Gasteiger partial charge on any atom is 0.330 e. The molecule has 1 aromatic heterocycles. The normalized spacial score (nSPS) is 25.1. The number of aromatic nitrogens is 2. The summed E-state index contributed by atoms with van der Waals surface area (Å²) < 4.78 is 31.5. The van der Waals surface area contributed by atoms with Crippen LogP contribution in [0, 0.1) is 0 Å². The molecule has 3 unspecified atom stereocenters. The summed E-state index contributed by atoms with van der Waals surface area (Å²) in [7, 11) is 2.53. The molecule has 0 saturated carbocycles. The standard InChI is InChI=1S/C20H34N3O9P/c1-11(2)23(12(3)4)33(30-7)32-17-16(13(24)10-15(26)28-5)31-19(18(17)29-6)22-9-8-14(25)21-20(22)27/h8-9,11-13,16-19,24H,10H2,1-7H3,(H,21,25,27)/t13-,16+,17?,18?,19+,33?/m0/s1. The van der Waals surface area contributed by atoms with E-state index in [0.29, 0.717) is 0 Å². The summed E-state index contributed by atoms with van der Waals surface area (Å²) in [4.78, 5) is 37.9. The van der Waals surface area contributed by atoms with Crippen LogP contribution in [0.4, 0.5) is 0 Å². The fourth-order valence-electron chi connectivity index (χ4n) is 3.84. The lowest BCUT2D eigenvalue weighted by atomic mass is 10.0. The van der Waals surface area contributed by atoms with Gasteiger partial charge in [-0.05, 0) is 27.7 Å². The third-order valence-corrected chi connectivity index (χ3v) is 7.26. The Hall–Kier alpha value is -1.66. The molecule has 1 saturated heterocycles. The number of ether oxygens (including phenoxy) is 3. The van der Waals surface area contributed by atoms with E-state index < -0.39 is 56.4 Å². The van der Waals surface area contributed by atoms with Gasteiger partial charge in [0, 0.05) is 38.6 Å². The molecule has 0 aromatic carbocycles. The Labute approximate surface area is 193 Å². The van der Waals surface area contributed by atoms with Crippen molar-refractivity contribution in [2.24, 2.45) is 0 Å². The van der Waals surface area contributed by atoms with Gasteiger partial charge in [0.1, 0.15) is 18.3 Å². The number of nitrogens with one attached hydrogen (secondary N) is 1. The molecule has 0 bridgehead atoms. The van der Waals surface area contributed by atoms with Crippen LogP contribution in [0.15, 0.2) is 21.9 Å². The van der Waals surface area contributed by atoms with Gasteiger partial charge in [0.15, 0.2) is 6.23 Å². The quantitative estimate of drug-likeness (QED) is 0.336. The summed E-state index contributed by atoms with van der Waals surface area (Å²) in [5.74, 6) is -0.636. The Morgan fingerprint density at radius 3 is 2.33 bits per heavy atom. The predicted octanol–water partition coefficient (Wildman–Crippen LogP) is 0.750. The molecule has 188 valence electrons. The zero-order valence-corrected chi connectivity index (χ0v) is 20.9. The Balaban J connectivity index is 2.47. The number of H-pyrrole nitrogens is 1. The number of aliphatic hydroxyl groups is 1. The highest BCUT2D eigenvalue weighted by atomic mass is 31.2. The first kappa shape index (κ1) is 27.6. The number of esters is 1. The molecule has 13 heteroatoms. The largest absolute Gasteiger partial charge is 0.469 e. The Morgan fingerprint density at radius 2 is 1.85 bits per heavy atom. The van der Waals surface area contributed by atoms with Gasteiger partial charge in [-0.1, -0.05) is 0 Å². The van der Waals surface area contributed by atoms with Crippen molar-refractivity contribution in [1.82, 2.24) is 14.2 Å². The molecule has 0 spiro atoms. The van der Waals surface area contributed by atoms with Crippen molar-refractivity contribution in [2.75, 3.05) is 21.3 Å². The van der Waals surface area contributed by atoms with Crippen molar-refractivity contribution < 1.29 is 33.2 Å². The topological polar surface area (TPSA) is 142 Å². The summed E-state index contributed by atoms with van der Waals surface area (Å²) >= 11 is 0. The minimum atomic E-state index is -1.62. The van der Waals surface area contributed by atoms with Crippen LogP contribution in [0.1, 0.15) is 40.3 Å². The number of aliphatic hydroxyl groups excluding tert-OH is 1. The van der Waals surface area contributed by atoms with Crippen LogP contribution >= 0.6 is 8.53 Å². The summed E-state index contributed by atoms with van der Waals surface area (Å²) in [6.45, 7) is 8.01. The monoisotopic (exact) mass is 491 g/mol. The maximum atomic E-state index is 12.4. The lowest BCUT2D eigenvalue weighted by Crippen LogP contribution is -2.44. The third-order valence-electron chi connectivity index (χ3n) is 5.22. The Morgan fingerprint density at radius 1 is 1.21 bits per heavy atom. The number of nitrogens with zero attached hydrogens (tertiary/aromatic N) is 2. The molecular weight excluding hydrogens is 457 g/mol. The van der Waals surface area contributed by atoms with Gasteiger partial charge in [0.2, 0.25) is 0 Å². The molecule has 33 heavy (non-hydrogen) atoms. The zero-order chi connectivity index (χ0) is 24.9. The lowest BCUT2D eigenvalue weighted by molar-refractivity contribution is -0.147. The van der Waals surface area contributed by atoms with Gasteiger partial charge in [-0.25, -0.2) is 9.46 Å². The minimum absolute atomic E-state index is 0.0791. The number of carbonyl (C=O) groups excluding carboxylic acids is 1. The summed E-state index contributed by atoms with van der Waals surface area (Å²) in [6.07, 6.45) is -4.27. The Bertz CT molecular complexity index is 882. The number of aromatic amines is 1. The van der Waals surface area contributed by atoms with Gasteiger partial charge in [0.05, 0.1) is 19.6 Å². The molecule has 1 fully saturated rings. The van der Waals surface area contributed by atoms with Gasteiger partial charge in [-0.2, -0.15) is 0 Å². The first-order chi connectivity index (χ1) is 15.5. The van der Waals surface area contributed by atoms with Crippen LogP contribution in [-0.2, 0) is 28.1 Å². The number of methoxy groups -OCH3 is 2. The van der Waals surface area contributed by atoms with Crippen LogP contribution in [0.2, 0.25) is 0 Å². The highest BCUT2D eigenvalue weighted by Crippen LogP contribution is 2.50. The van der Waals surface area contributed by atoms with E-state index in [1.807, 2.05) is 32.4 Å². The second-order valence-corrected chi connectivity index (χ2v) is 9.63. The first-order valence-electron chi connectivity index (χ1n) is 10.6. The molecule has 6 atom stereocenters. The molecule has 12 nitrogen and oxygen atoms in total. The van der Waals surface area contributed by atoms with E-state index in [-0.39, 0.29) is 18.5 Å². The molecule has 0 radical (unpaired) electrons. The average molecular weight is 491 g/mol. The van der Waals surface area contributed by atoms with Crippen LogP contribution in [0.5, 0.6) is 0 Å². The van der Waals surface area contributed by atoms with Gasteiger partial charge in [-0.3, -0.25) is 19.1 Å². The summed E-state index contributed by atoms with van der Waals surface area (Å²) in [6, 6.07) is 1.33. The van der Waals surface area contributed by atoms with Crippen molar-refractivity contribution in [3.05, 3.63) is 33.1 Å². The second-order valence-electron chi connectivity index (χ2n) is 8.11. The molecule has 0 amide bonds. The van der Waals surface area contributed by atoms with E-state index in [0.717, 1.165) is 4.57 Å². The number of hydrogen-bond donors (Lipinski definition) is 2. The number of rotatable bonds is 11. The van der Waals surface area contributed by atoms with E-state index in [1.54, 1.807) is 0 Å². The second kappa shape index (κ2) is 12.2. The van der Waals surface area contributed by atoms with Crippen molar-refractivity contribution >= 4 is 14.5 Å². The molecule has 1 aromatic rings. The summed E-state index contributed by atoms with van der Waals surface area (Å²) in [5, 5.41) is 10.8. The SMILES string of the molecule is COC(=O)C[C@H](O)[C@H]1O[C@@H](n2ccc(=O)[nH]c2=O)C(OC)C1OP(OC)N(C(C)C)C(C)C. The molecule has 2 heterocycles. The van der Waals surface area contributed by atoms with Crippen LogP contribution in [0.25, 0.3) is 0 Å². The fourth-order valence-corrected chi connectivity index (χ4v) is 5.42. The third kappa shape index (κ3) is 6.48. The van der Waals surface area contributed by atoms with Gasteiger partial charge in [0.25, 0.3) is 14.1 Å². The summed E-state index contributed by atoms with van der Waals surface area (Å²) in [5.41, 5.74) is -1.28. The van der Waals surface area contributed by atoms with E-state index >= 15 is 0 Å². The van der Waals surface area contributed by atoms with Crippen molar-refractivity contribution in [1.29, 1.82) is 0 Å². The highest BCUT2D eigenvalue weighted by Gasteiger charge is 2.52. The molecule has 1 aliphatic rings. The average Bonchev–Trinajstić information content (AvgIpc) is 3.10. The van der Waals surface area contributed by atoms with Crippen LogP contribution < -0.4 is 11.2 Å². The van der Waals surface area contributed by atoms with E-state index in [4.69, 9.17) is 18.5 Å². The zero-order valence-electron chi connectivity index (χ0n) is 20.0. The maximum absolute atomic E-state index is 12.4. The predicted molar refractivity (Wildman–Crippen MR) is 120 cm³/mol. The molecule has 2 rings (SSSR count). The first-order valence-corrected chi connectivity index (χ1v) is 11.7. The van der Waals surface area contributed by atoms with Gasteiger partial charge >= 0.3 is 11.7 Å². The molecule has 1 aliphatic heterocycles. The number of hydrogen-bond acceptors (Lipinski definition) is 10. The molecular formula is C20H34N3O9P.